The van der Waals surface area contributed by atoms with E-state index in [9.17, 15) is 8.42 Å². The maximum Gasteiger partial charge on any atom is 0.250 e. The number of hydrogen-bond acceptors (Lipinski definition) is 3. The molecule has 1 aromatic carbocycles. The minimum Gasteiger partial charge on any atom is -0.207 e. The van der Waals surface area contributed by atoms with Gasteiger partial charge in [0.15, 0.2) is 0 Å². The lowest BCUT2D eigenvalue weighted by molar-refractivity contribution is 0.386. The summed E-state index contributed by atoms with van der Waals surface area (Å²) in [5, 5.41) is 1.81. The van der Waals surface area contributed by atoms with Gasteiger partial charge >= 0.3 is 0 Å². The lowest BCUT2D eigenvalue weighted by Crippen LogP contribution is -2.41. The predicted octanol–water partition coefficient (Wildman–Crippen LogP) is 3.22. The standard InChI is InChI=1S/C17H19NO2S2/c19-22(20,16-6-3-9-21-16)18-17-14-7-8-15(17)11-13-5-2-1-4-12(13)10-14/h1-6,9,14-15,17-18H,7-8,10-11H2/t14-,15+,17+. The second-order valence-electron chi connectivity index (χ2n) is 6.35. The third-order valence-corrected chi connectivity index (χ3v) is 7.91. The van der Waals surface area contributed by atoms with E-state index in [0.29, 0.717) is 16.0 Å². The molecule has 3 atom stereocenters. The monoisotopic (exact) mass is 333 g/mol. The largest absolute Gasteiger partial charge is 0.250 e. The summed E-state index contributed by atoms with van der Waals surface area (Å²) in [7, 11) is -3.38. The molecule has 1 aromatic heterocycles. The van der Waals surface area contributed by atoms with Gasteiger partial charge < -0.3 is 0 Å². The quantitative estimate of drug-likeness (QED) is 0.937. The van der Waals surface area contributed by atoms with Crippen molar-refractivity contribution in [1.29, 1.82) is 0 Å². The predicted molar refractivity (Wildman–Crippen MR) is 88.5 cm³/mol. The highest BCUT2D eigenvalue weighted by atomic mass is 32.2. The summed E-state index contributed by atoms with van der Waals surface area (Å²) in [6.07, 6.45) is 4.22. The highest BCUT2D eigenvalue weighted by molar-refractivity contribution is 7.91. The molecule has 3 nitrogen and oxygen atoms in total. The van der Waals surface area contributed by atoms with Gasteiger partial charge in [0, 0.05) is 6.04 Å². The Kier molecular flexibility index (Phi) is 3.59. The van der Waals surface area contributed by atoms with Crippen molar-refractivity contribution in [3.63, 3.8) is 0 Å². The van der Waals surface area contributed by atoms with Crippen molar-refractivity contribution in [1.82, 2.24) is 4.72 Å². The zero-order valence-electron chi connectivity index (χ0n) is 12.2. The molecule has 1 fully saturated rings. The van der Waals surface area contributed by atoms with E-state index >= 15 is 0 Å². The maximum absolute atomic E-state index is 12.6. The van der Waals surface area contributed by atoms with Crippen LogP contribution < -0.4 is 4.72 Å². The summed E-state index contributed by atoms with van der Waals surface area (Å²) < 4.78 is 28.6. The van der Waals surface area contributed by atoms with Crippen molar-refractivity contribution < 1.29 is 8.42 Å². The number of sulfonamides is 1. The van der Waals surface area contributed by atoms with E-state index in [1.807, 2.05) is 5.38 Å². The van der Waals surface area contributed by atoms with Gasteiger partial charge in [-0.05, 0) is 60.1 Å². The van der Waals surface area contributed by atoms with Crippen LogP contribution in [0.4, 0.5) is 0 Å². The molecule has 4 rings (SSSR count). The molecule has 2 aliphatic carbocycles. The zero-order chi connectivity index (χ0) is 15.2. The average Bonchev–Trinajstić information content (AvgIpc) is 3.09. The second-order valence-corrected chi connectivity index (χ2v) is 9.24. The van der Waals surface area contributed by atoms with Crippen LogP contribution in [0.15, 0.2) is 46.0 Å². The molecular weight excluding hydrogens is 314 g/mol. The number of thiophene rings is 1. The summed E-state index contributed by atoms with van der Waals surface area (Å²) in [5.74, 6) is 0.840. The van der Waals surface area contributed by atoms with Gasteiger partial charge in [-0.2, -0.15) is 0 Å². The van der Waals surface area contributed by atoms with Crippen molar-refractivity contribution in [2.45, 2.75) is 35.9 Å². The summed E-state index contributed by atoms with van der Waals surface area (Å²) >= 11 is 1.28. The Bertz CT molecular complexity index is 735. The molecule has 0 amide bonds. The minimum absolute atomic E-state index is 0.0690. The van der Waals surface area contributed by atoms with Crippen LogP contribution in [-0.2, 0) is 22.9 Å². The molecular formula is C17H19NO2S2. The minimum atomic E-state index is -3.38. The van der Waals surface area contributed by atoms with Gasteiger partial charge in [0.25, 0.3) is 0 Å². The molecule has 1 N–H and O–H groups in total. The molecule has 0 aliphatic heterocycles. The SMILES string of the molecule is O=S(=O)(N[C@H]1[C@@H]2CC[C@H]1Cc1ccccc1C2)c1cccs1. The molecule has 0 spiro atoms. The first kappa shape index (κ1) is 14.4. The molecule has 116 valence electrons. The van der Waals surface area contributed by atoms with Crippen LogP contribution in [0, 0.1) is 11.8 Å². The van der Waals surface area contributed by atoms with Crippen LogP contribution in [0.5, 0.6) is 0 Å². The summed E-state index contributed by atoms with van der Waals surface area (Å²) in [6, 6.07) is 12.1. The molecule has 0 saturated heterocycles. The van der Waals surface area contributed by atoms with Crippen molar-refractivity contribution in [3.05, 3.63) is 52.9 Å². The topological polar surface area (TPSA) is 46.2 Å². The Morgan fingerprint density at radius 2 is 1.59 bits per heavy atom. The molecule has 1 heterocycles. The van der Waals surface area contributed by atoms with Crippen LogP contribution in [0.1, 0.15) is 24.0 Å². The number of benzene rings is 1. The molecule has 22 heavy (non-hydrogen) atoms. The van der Waals surface area contributed by atoms with E-state index in [-0.39, 0.29) is 6.04 Å². The molecule has 2 aliphatic rings. The average molecular weight is 333 g/mol. The van der Waals surface area contributed by atoms with Gasteiger partial charge in [-0.3, -0.25) is 0 Å². The Labute approximate surface area is 135 Å². The third kappa shape index (κ3) is 2.51. The lowest BCUT2D eigenvalue weighted by atomic mass is 9.94. The smallest absolute Gasteiger partial charge is 0.207 e. The first-order valence-electron chi connectivity index (χ1n) is 7.76. The first-order chi connectivity index (χ1) is 10.6. The van der Waals surface area contributed by atoms with E-state index in [1.165, 1.54) is 22.5 Å². The Balaban J connectivity index is 1.62. The van der Waals surface area contributed by atoms with Crippen LogP contribution >= 0.6 is 11.3 Å². The number of hydrogen-bond donors (Lipinski definition) is 1. The Morgan fingerprint density at radius 1 is 0.955 bits per heavy atom. The molecule has 2 aromatic rings. The molecule has 0 unspecified atom stereocenters. The van der Waals surface area contributed by atoms with Crippen LogP contribution in [0.25, 0.3) is 0 Å². The van der Waals surface area contributed by atoms with E-state index < -0.39 is 10.0 Å². The second kappa shape index (κ2) is 5.48. The van der Waals surface area contributed by atoms with E-state index in [0.717, 1.165) is 25.7 Å². The zero-order valence-corrected chi connectivity index (χ0v) is 13.9. The summed E-state index contributed by atoms with van der Waals surface area (Å²) in [5.41, 5.74) is 2.80. The van der Waals surface area contributed by atoms with Gasteiger partial charge in [-0.1, -0.05) is 30.3 Å². The van der Waals surface area contributed by atoms with Crippen LogP contribution in [0.2, 0.25) is 0 Å². The van der Waals surface area contributed by atoms with Crippen LogP contribution in [0.3, 0.4) is 0 Å². The van der Waals surface area contributed by atoms with Crippen molar-refractivity contribution >= 4 is 21.4 Å². The van der Waals surface area contributed by atoms with E-state index in [4.69, 9.17) is 0 Å². The van der Waals surface area contributed by atoms with Gasteiger partial charge in [0.05, 0.1) is 0 Å². The lowest BCUT2D eigenvalue weighted by Gasteiger charge is -2.23. The molecule has 0 radical (unpaired) electrons. The normalized spacial score (nSPS) is 27.4. The molecule has 2 bridgehead atoms. The number of fused-ring (bicyclic) bond motifs is 3. The van der Waals surface area contributed by atoms with E-state index in [2.05, 4.69) is 29.0 Å². The molecule has 1 saturated carbocycles. The van der Waals surface area contributed by atoms with Crippen molar-refractivity contribution in [3.8, 4) is 0 Å². The fourth-order valence-corrected chi connectivity index (χ4v) is 6.38. The highest BCUT2D eigenvalue weighted by Crippen LogP contribution is 2.40. The first-order valence-corrected chi connectivity index (χ1v) is 10.1. The van der Waals surface area contributed by atoms with Crippen molar-refractivity contribution in [2.24, 2.45) is 11.8 Å². The van der Waals surface area contributed by atoms with Gasteiger partial charge in [0.1, 0.15) is 4.21 Å². The Morgan fingerprint density at radius 3 is 2.14 bits per heavy atom. The fourth-order valence-electron chi connectivity index (χ4n) is 4.00. The number of rotatable bonds is 3. The van der Waals surface area contributed by atoms with Crippen molar-refractivity contribution in [2.75, 3.05) is 0 Å². The fraction of sp³-hybridized carbons (Fsp3) is 0.412. The van der Waals surface area contributed by atoms with E-state index in [1.54, 1.807) is 12.1 Å². The third-order valence-electron chi connectivity index (χ3n) is 5.06. The van der Waals surface area contributed by atoms with Gasteiger partial charge in [0.2, 0.25) is 10.0 Å². The van der Waals surface area contributed by atoms with Crippen LogP contribution in [-0.4, -0.2) is 14.5 Å². The maximum atomic E-state index is 12.6. The Hall–Kier alpha value is -1.17. The van der Waals surface area contributed by atoms with Gasteiger partial charge in [-0.15, -0.1) is 11.3 Å². The van der Waals surface area contributed by atoms with Gasteiger partial charge in [-0.25, -0.2) is 13.1 Å². The number of nitrogens with one attached hydrogen (secondary N) is 1. The highest BCUT2D eigenvalue weighted by Gasteiger charge is 2.41. The molecule has 5 heteroatoms. The summed E-state index contributed by atoms with van der Waals surface area (Å²) in [4.78, 5) is 0. The summed E-state index contributed by atoms with van der Waals surface area (Å²) in [6.45, 7) is 0.